The Hall–Kier alpha value is -1.81. The van der Waals surface area contributed by atoms with Gasteiger partial charge in [0.05, 0.1) is 12.7 Å². The van der Waals surface area contributed by atoms with Crippen molar-refractivity contribution < 1.29 is 9.53 Å². The predicted octanol–water partition coefficient (Wildman–Crippen LogP) is 4.05. The van der Waals surface area contributed by atoms with E-state index in [1.54, 1.807) is 7.11 Å². The highest BCUT2D eigenvalue weighted by molar-refractivity contribution is 9.10. The summed E-state index contributed by atoms with van der Waals surface area (Å²) in [6.07, 6.45) is 1.95. The van der Waals surface area contributed by atoms with E-state index in [9.17, 15) is 4.79 Å². The van der Waals surface area contributed by atoms with Crippen molar-refractivity contribution in [3.63, 3.8) is 0 Å². The van der Waals surface area contributed by atoms with Crippen LogP contribution in [0.25, 0.3) is 0 Å². The third-order valence-electron chi connectivity index (χ3n) is 3.75. The second-order valence-corrected chi connectivity index (χ2v) is 5.89. The molecule has 0 saturated carbocycles. The average molecular weight is 346 g/mol. The summed E-state index contributed by atoms with van der Waals surface area (Å²) < 4.78 is 6.10. The summed E-state index contributed by atoms with van der Waals surface area (Å²) in [5.74, 6) is 0.873. The van der Waals surface area contributed by atoms with Crippen LogP contribution in [-0.4, -0.2) is 19.6 Å². The van der Waals surface area contributed by atoms with Gasteiger partial charge in [0, 0.05) is 16.7 Å². The highest BCUT2D eigenvalue weighted by Crippen LogP contribution is 2.32. The van der Waals surface area contributed by atoms with Crippen LogP contribution in [-0.2, 0) is 6.42 Å². The van der Waals surface area contributed by atoms with Crippen molar-refractivity contribution in [2.24, 2.45) is 0 Å². The number of hydrogen-bond acceptors (Lipinski definition) is 2. The molecular formula is C17H16BrNO2. The molecule has 0 bridgehead atoms. The van der Waals surface area contributed by atoms with E-state index in [1.807, 2.05) is 47.4 Å². The zero-order valence-corrected chi connectivity index (χ0v) is 13.4. The molecule has 21 heavy (non-hydrogen) atoms. The molecule has 0 atom stereocenters. The fourth-order valence-electron chi connectivity index (χ4n) is 2.69. The first-order valence-electron chi connectivity index (χ1n) is 6.94. The molecule has 4 heteroatoms. The van der Waals surface area contributed by atoms with E-state index in [0.29, 0.717) is 5.56 Å². The molecule has 0 radical (unpaired) electrons. The Bertz CT molecular complexity index is 684. The molecule has 0 aliphatic carbocycles. The van der Waals surface area contributed by atoms with Crippen LogP contribution in [0, 0.1) is 0 Å². The predicted molar refractivity (Wildman–Crippen MR) is 87.1 cm³/mol. The van der Waals surface area contributed by atoms with E-state index in [1.165, 1.54) is 5.56 Å². The van der Waals surface area contributed by atoms with Gasteiger partial charge in [-0.2, -0.15) is 0 Å². The maximum absolute atomic E-state index is 12.8. The van der Waals surface area contributed by atoms with Crippen LogP contribution in [0.1, 0.15) is 22.3 Å². The number of carbonyl (C=O) groups excluding carboxylic acids is 1. The van der Waals surface area contributed by atoms with Crippen molar-refractivity contribution in [3.8, 4) is 5.75 Å². The van der Waals surface area contributed by atoms with Gasteiger partial charge >= 0.3 is 0 Å². The number of methoxy groups -OCH3 is 1. The Labute approximate surface area is 132 Å². The summed E-state index contributed by atoms with van der Waals surface area (Å²) in [7, 11) is 1.66. The highest BCUT2D eigenvalue weighted by atomic mass is 79.9. The van der Waals surface area contributed by atoms with Gasteiger partial charge in [0.25, 0.3) is 5.91 Å². The van der Waals surface area contributed by atoms with Crippen molar-refractivity contribution in [2.45, 2.75) is 12.8 Å². The summed E-state index contributed by atoms with van der Waals surface area (Å²) in [6.45, 7) is 0.750. The zero-order chi connectivity index (χ0) is 14.8. The third kappa shape index (κ3) is 2.68. The Morgan fingerprint density at radius 3 is 2.81 bits per heavy atom. The highest BCUT2D eigenvalue weighted by Gasteiger charge is 2.24. The maximum atomic E-state index is 12.8. The molecule has 1 aliphatic heterocycles. The van der Waals surface area contributed by atoms with E-state index in [0.717, 1.165) is 35.3 Å². The number of fused-ring (bicyclic) bond motifs is 1. The molecule has 1 aliphatic rings. The SMILES string of the molecule is COc1ccc2c(c1)CCCN2C(=O)c1ccccc1Br. The van der Waals surface area contributed by atoms with Crippen LogP contribution in [0.3, 0.4) is 0 Å². The topological polar surface area (TPSA) is 29.5 Å². The second-order valence-electron chi connectivity index (χ2n) is 5.03. The molecule has 0 fully saturated rings. The van der Waals surface area contributed by atoms with Gasteiger partial charge in [0.2, 0.25) is 0 Å². The molecule has 0 aromatic heterocycles. The Morgan fingerprint density at radius 1 is 1.24 bits per heavy atom. The number of carbonyl (C=O) groups is 1. The lowest BCUT2D eigenvalue weighted by Gasteiger charge is -2.30. The number of benzene rings is 2. The van der Waals surface area contributed by atoms with Crippen LogP contribution in [0.5, 0.6) is 5.75 Å². The summed E-state index contributed by atoms with van der Waals surface area (Å²) in [6, 6.07) is 13.4. The first kappa shape index (κ1) is 14.1. The van der Waals surface area contributed by atoms with Crippen molar-refractivity contribution in [1.29, 1.82) is 0 Å². The van der Waals surface area contributed by atoms with Gasteiger partial charge in [-0.3, -0.25) is 4.79 Å². The average Bonchev–Trinajstić information content (AvgIpc) is 2.53. The number of ether oxygens (including phenoxy) is 1. The quantitative estimate of drug-likeness (QED) is 0.821. The van der Waals surface area contributed by atoms with E-state index < -0.39 is 0 Å². The standard InChI is InChI=1S/C17H16BrNO2/c1-21-13-8-9-16-12(11-13)5-4-10-19(16)17(20)14-6-2-3-7-15(14)18/h2-3,6-9,11H,4-5,10H2,1H3. The minimum absolute atomic E-state index is 0.0357. The van der Waals surface area contributed by atoms with Gasteiger partial charge in [0.1, 0.15) is 5.75 Å². The van der Waals surface area contributed by atoms with Crippen LogP contribution in [0.4, 0.5) is 5.69 Å². The fourth-order valence-corrected chi connectivity index (χ4v) is 3.15. The summed E-state index contributed by atoms with van der Waals surface area (Å²) in [5, 5.41) is 0. The molecule has 0 saturated heterocycles. The monoisotopic (exact) mass is 345 g/mol. The number of amides is 1. The summed E-state index contributed by atoms with van der Waals surface area (Å²) in [5.41, 5.74) is 2.85. The van der Waals surface area contributed by atoms with Crippen molar-refractivity contribution in [3.05, 3.63) is 58.1 Å². The Morgan fingerprint density at radius 2 is 2.05 bits per heavy atom. The maximum Gasteiger partial charge on any atom is 0.259 e. The smallest absolute Gasteiger partial charge is 0.259 e. The number of rotatable bonds is 2. The van der Waals surface area contributed by atoms with Gasteiger partial charge in [-0.25, -0.2) is 0 Å². The zero-order valence-electron chi connectivity index (χ0n) is 11.8. The normalized spacial score (nSPS) is 13.7. The molecule has 0 unspecified atom stereocenters. The van der Waals surface area contributed by atoms with Gasteiger partial charge in [0.15, 0.2) is 0 Å². The molecular weight excluding hydrogens is 330 g/mol. The Kier molecular flexibility index (Phi) is 3.97. The molecule has 0 N–H and O–H groups in total. The number of hydrogen-bond donors (Lipinski definition) is 0. The van der Waals surface area contributed by atoms with Crippen molar-refractivity contribution >= 4 is 27.5 Å². The summed E-state index contributed by atoms with van der Waals surface area (Å²) >= 11 is 3.46. The molecule has 2 aromatic carbocycles. The molecule has 0 spiro atoms. The van der Waals surface area contributed by atoms with E-state index in [-0.39, 0.29) is 5.91 Å². The lowest BCUT2D eigenvalue weighted by atomic mass is 10.0. The third-order valence-corrected chi connectivity index (χ3v) is 4.45. The van der Waals surface area contributed by atoms with Crippen molar-refractivity contribution in [1.82, 2.24) is 0 Å². The van der Waals surface area contributed by atoms with E-state index in [2.05, 4.69) is 15.9 Å². The van der Waals surface area contributed by atoms with E-state index >= 15 is 0 Å². The first-order valence-corrected chi connectivity index (χ1v) is 7.73. The fraction of sp³-hybridized carbons (Fsp3) is 0.235. The van der Waals surface area contributed by atoms with Crippen LogP contribution in [0.2, 0.25) is 0 Å². The van der Waals surface area contributed by atoms with Crippen LogP contribution >= 0.6 is 15.9 Å². The van der Waals surface area contributed by atoms with Crippen LogP contribution in [0.15, 0.2) is 46.9 Å². The minimum Gasteiger partial charge on any atom is -0.497 e. The molecule has 1 heterocycles. The molecule has 3 nitrogen and oxygen atoms in total. The van der Waals surface area contributed by atoms with E-state index in [4.69, 9.17) is 4.74 Å². The molecule has 108 valence electrons. The van der Waals surface area contributed by atoms with Gasteiger partial charge in [-0.15, -0.1) is 0 Å². The number of anilines is 1. The van der Waals surface area contributed by atoms with Crippen LogP contribution < -0.4 is 9.64 Å². The lowest BCUT2D eigenvalue weighted by Crippen LogP contribution is -2.35. The molecule has 2 aromatic rings. The van der Waals surface area contributed by atoms with Crippen molar-refractivity contribution in [2.75, 3.05) is 18.6 Å². The largest absolute Gasteiger partial charge is 0.497 e. The number of aryl methyl sites for hydroxylation is 1. The van der Waals surface area contributed by atoms with Gasteiger partial charge < -0.3 is 9.64 Å². The number of halogens is 1. The molecule has 3 rings (SSSR count). The Balaban J connectivity index is 1.99. The first-order chi connectivity index (χ1) is 10.2. The summed E-state index contributed by atoms with van der Waals surface area (Å²) in [4.78, 5) is 14.7. The number of nitrogens with zero attached hydrogens (tertiary/aromatic N) is 1. The van der Waals surface area contributed by atoms with Gasteiger partial charge in [-0.1, -0.05) is 12.1 Å². The lowest BCUT2D eigenvalue weighted by molar-refractivity contribution is 0.0984. The minimum atomic E-state index is 0.0357. The second kappa shape index (κ2) is 5.90. The molecule has 1 amide bonds. The van der Waals surface area contributed by atoms with Gasteiger partial charge in [-0.05, 0) is 64.7 Å².